The third-order valence-electron chi connectivity index (χ3n) is 7.78. The molecule has 0 bridgehead atoms. The van der Waals surface area contributed by atoms with Gasteiger partial charge in [0.05, 0.1) is 24.1 Å². The van der Waals surface area contributed by atoms with Crippen LogP contribution in [0.15, 0.2) is 54.1 Å². The van der Waals surface area contributed by atoms with E-state index in [0.717, 1.165) is 62.4 Å². The van der Waals surface area contributed by atoms with Crippen LogP contribution in [0, 0.1) is 6.92 Å². The second-order valence-electron chi connectivity index (χ2n) is 11.4. The molecule has 0 aliphatic carbocycles. The fourth-order valence-corrected chi connectivity index (χ4v) is 5.32. The van der Waals surface area contributed by atoms with Gasteiger partial charge < -0.3 is 20.3 Å². The number of unbranched alkanes of at least 4 members (excludes halogenated alkanes) is 1. The van der Waals surface area contributed by atoms with Crippen LogP contribution >= 0.6 is 0 Å². The maximum absolute atomic E-state index is 14.7. The minimum absolute atomic E-state index is 0.00468. The Hall–Kier alpha value is -4.15. The highest BCUT2D eigenvalue weighted by atomic mass is 19.3. The maximum atomic E-state index is 14.7. The third-order valence-corrected chi connectivity index (χ3v) is 7.78. The number of methoxy groups -OCH3 is 1. The van der Waals surface area contributed by atoms with Crippen LogP contribution in [0.4, 0.5) is 19.1 Å². The van der Waals surface area contributed by atoms with Crippen molar-refractivity contribution in [3.8, 4) is 0 Å². The van der Waals surface area contributed by atoms with Gasteiger partial charge in [0, 0.05) is 50.3 Å². The Morgan fingerprint density at radius 1 is 1.24 bits per heavy atom. The van der Waals surface area contributed by atoms with Gasteiger partial charge in [0.25, 0.3) is 17.7 Å². The van der Waals surface area contributed by atoms with Crippen LogP contribution in [0.2, 0.25) is 0 Å². The number of nitrogens with zero attached hydrogens (tertiary/aromatic N) is 3. The number of carbonyl (C=O) groups is 2. The maximum Gasteiger partial charge on any atom is 0.273 e. The Bertz CT molecular complexity index is 1470. The summed E-state index contributed by atoms with van der Waals surface area (Å²) >= 11 is 0. The number of hydrogen-bond acceptors (Lipinski definition) is 6. The topological polar surface area (TPSA) is 96.4 Å². The van der Waals surface area contributed by atoms with Crippen LogP contribution in [0.25, 0.3) is 0 Å². The van der Waals surface area contributed by atoms with E-state index in [1.807, 2.05) is 13.0 Å². The first-order chi connectivity index (χ1) is 21.3. The summed E-state index contributed by atoms with van der Waals surface area (Å²) in [5, 5.41) is 5.86. The molecule has 2 heterocycles. The molecule has 244 valence electrons. The number of ether oxygens (including phenoxy) is 1. The molecule has 1 aromatic heterocycles. The smallest absolute Gasteiger partial charge is 0.273 e. The molecule has 0 radical (unpaired) electrons. The lowest BCUT2D eigenvalue weighted by Crippen LogP contribution is -2.35. The molecule has 0 saturated heterocycles. The highest BCUT2D eigenvalue weighted by Crippen LogP contribution is 2.34. The highest BCUT2D eigenvalue weighted by Gasteiger charge is 2.33. The van der Waals surface area contributed by atoms with Gasteiger partial charge in [-0.25, -0.2) is 23.1 Å². The molecule has 2 aromatic rings. The second kappa shape index (κ2) is 15.7. The van der Waals surface area contributed by atoms with E-state index in [0.29, 0.717) is 17.7 Å². The lowest BCUT2D eigenvalue weighted by molar-refractivity contribution is -0.118. The van der Waals surface area contributed by atoms with E-state index in [4.69, 9.17) is 4.74 Å². The van der Waals surface area contributed by atoms with Crippen LogP contribution in [-0.2, 0) is 28.4 Å². The number of hydrogen-bond donors (Lipinski definition) is 2. The summed E-state index contributed by atoms with van der Waals surface area (Å²) in [7, 11) is 3.04. The van der Waals surface area contributed by atoms with E-state index in [2.05, 4.69) is 41.0 Å². The van der Waals surface area contributed by atoms with Crippen LogP contribution in [-0.4, -0.2) is 53.6 Å². The number of halogens is 3. The van der Waals surface area contributed by atoms with E-state index in [-0.39, 0.29) is 52.9 Å². The molecule has 0 saturated carbocycles. The summed E-state index contributed by atoms with van der Waals surface area (Å²) in [6.07, 6.45) is 8.09. The Labute approximate surface area is 263 Å². The van der Waals surface area contributed by atoms with E-state index in [1.165, 1.54) is 13.2 Å². The van der Waals surface area contributed by atoms with Gasteiger partial charge in [0.2, 0.25) is 5.95 Å². The molecule has 1 aliphatic rings. The van der Waals surface area contributed by atoms with Gasteiger partial charge >= 0.3 is 0 Å². The van der Waals surface area contributed by atoms with Crippen molar-refractivity contribution < 1.29 is 27.5 Å². The zero-order chi connectivity index (χ0) is 33.3. The first-order valence-corrected chi connectivity index (χ1v) is 15.2. The van der Waals surface area contributed by atoms with Crippen LogP contribution in [0.5, 0.6) is 0 Å². The fraction of sp³-hybridized carbons (Fsp3) is 0.471. The molecule has 1 aliphatic heterocycles. The number of fused-ring (bicyclic) bond motifs is 1. The minimum atomic E-state index is -3.27. The number of anilines is 1. The van der Waals surface area contributed by atoms with Gasteiger partial charge in [-0.15, -0.1) is 0 Å². The summed E-state index contributed by atoms with van der Waals surface area (Å²) < 4.78 is 48.5. The third kappa shape index (κ3) is 8.95. The van der Waals surface area contributed by atoms with Crippen molar-refractivity contribution >= 4 is 17.8 Å². The van der Waals surface area contributed by atoms with Crippen molar-refractivity contribution in [2.24, 2.45) is 0 Å². The van der Waals surface area contributed by atoms with E-state index in [1.54, 1.807) is 18.0 Å². The zero-order valence-electron chi connectivity index (χ0n) is 27.0. The van der Waals surface area contributed by atoms with Crippen molar-refractivity contribution in [2.75, 3.05) is 26.1 Å². The summed E-state index contributed by atoms with van der Waals surface area (Å²) in [4.78, 5) is 35.9. The quantitative estimate of drug-likeness (QED) is 0.119. The molecule has 3 rings (SSSR count). The van der Waals surface area contributed by atoms with Crippen molar-refractivity contribution in [2.45, 2.75) is 84.7 Å². The molecular weight excluding hydrogens is 583 g/mol. The first-order valence-electron chi connectivity index (χ1n) is 15.2. The van der Waals surface area contributed by atoms with E-state index in [9.17, 15) is 22.8 Å². The van der Waals surface area contributed by atoms with Crippen molar-refractivity contribution in [3.05, 3.63) is 87.6 Å². The molecule has 8 nitrogen and oxygen atoms in total. The van der Waals surface area contributed by atoms with Crippen molar-refractivity contribution in [3.63, 3.8) is 0 Å². The van der Waals surface area contributed by atoms with Gasteiger partial charge in [-0.3, -0.25) is 9.59 Å². The molecule has 0 spiro atoms. The minimum Gasteiger partial charge on any atom is -0.495 e. The largest absolute Gasteiger partial charge is 0.495 e. The number of rotatable bonds is 16. The summed E-state index contributed by atoms with van der Waals surface area (Å²) in [6, 6.07) is 3.62. The lowest BCUT2D eigenvalue weighted by Gasteiger charge is -2.19. The SMILES string of the molecule is C=C(/C=C(OC)\C(=C/CF)Nc1ncc(C(C)(F)F)c(Cc2ccc(C)c3c2C(=O)N(C)C3)n1)C(=O)NC(CCC)CCCC. The number of alkyl halides is 3. The summed E-state index contributed by atoms with van der Waals surface area (Å²) in [5.41, 5.74) is 2.65. The van der Waals surface area contributed by atoms with Gasteiger partial charge in [-0.05, 0) is 48.6 Å². The Morgan fingerprint density at radius 3 is 2.60 bits per heavy atom. The number of benzene rings is 1. The number of amides is 2. The van der Waals surface area contributed by atoms with Gasteiger partial charge in [-0.2, -0.15) is 0 Å². The molecular formula is C34H44F3N5O3. The normalized spacial score (nSPS) is 14.3. The lowest BCUT2D eigenvalue weighted by atomic mass is 9.94. The molecule has 11 heteroatoms. The first kappa shape index (κ1) is 35.3. The van der Waals surface area contributed by atoms with Gasteiger partial charge in [0.1, 0.15) is 12.4 Å². The van der Waals surface area contributed by atoms with Crippen molar-refractivity contribution in [1.29, 1.82) is 0 Å². The molecule has 0 fully saturated rings. The Kier molecular flexibility index (Phi) is 12.3. The van der Waals surface area contributed by atoms with Gasteiger partial charge in [0.15, 0.2) is 0 Å². The Balaban J connectivity index is 1.93. The van der Waals surface area contributed by atoms with Crippen LogP contribution < -0.4 is 10.6 Å². The molecule has 1 atom stereocenters. The number of aryl methyl sites for hydroxylation is 1. The molecule has 45 heavy (non-hydrogen) atoms. The zero-order valence-corrected chi connectivity index (χ0v) is 27.0. The number of nitrogens with one attached hydrogen (secondary N) is 2. The highest BCUT2D eigenvalue weighted by molar-refractivity contribution is 6.00. The second-order valence-corrected chi connectivity index (χ2v) is 11.4. The number of aromatic nitrogens is 2. The summed E-state index contributed by atoms with van der Waals surface area (Å²) in [5.74, 6) is -3.84. The summed E-state index contributed by atoms with van der Waals surface area (Å²) in [6.45, 7) is 10.2. The standard InChI is InChI=1S/C34H44F3N5O3/c1-8-10-12-24(11-9-2)39-31(43)22(4)17-29(45-7)27(15-16-35)40-33-38-19-26(34(5,36)37)28(41-33)18-23-14-13-21(3)25-20-42(6)32(44)30(23)25/h13-15,17,19,24H,4,8-12,16,18,20H2,1-3,5-7H3,(H,39,43)(H,38,40,41)/b27-15+,29-17+. The van der Waals surface area contributed by atoms with E-state index >= 15 is 0 Å². The van der Waals surface area contributed by atoms with Crippen LogP contribution in [0.1, 0.15) is 91.2 Å². The Morgan fingerprint density at radius 2 is 1.98 bits per heavy atom. The van der Waals surface area contributed by atoms with Crippen molar-refractivity contribution in [1.82, 2.24) is 20.2 Å². The molecule has 2 N–H and O–H groups in total. The molecule has 1 aromatic carbocycles. The predicted molar refractivity (Wildman–Crippen MR) is 170 cm³/mol. The monoisotopic (exact) mass is 627 g/mol. The van der Waals surface area contributed by atoms with Crippen LogP contribution in [0.3, 0.4) is 0 Å². The van der Waals surface area contributed by atoms with Gasteiger partial charge in [-0.1, -0.05) is 51.8 Å². The average molecular weight is 628 g/mol. The number of allylic oxidation sites excluding steroid dienone is 1. The molecule has 2 amide bonds. The van der Waals surface area contributed by atoms with E-state index < -0.39 is 18.2 Å². The number of carbonyl (C=O) groups excluding carboxylic acids is 2. The fourth-order valence-electron chi connectivity index (χ4n) is 5.32. The average Bonchev–Trinajstić information content (AvgIpc) is 3.30. The predicted octanol–water partition coefficient (Wildman–Crippen LogP) is 6.90. The molecule has 1 unspecified atom stereocenters.